The van der Waals surface area contributed by atoms with Crippen molar-refractivity contribution in [2.45, 2.75) is 25.9 Å². The minimum absolute atomic E-state index is 0.254. The number of benzene rings is 3. The van der Waals surface area contributed by atoms with E-state index in [4.69, 9.17) is 4.74 Å². The summed E-state index contributed by atoms with van der Waals surface area (Å²) in [7, 11) is 1.56. The second-order valence-corrected chi connectivity index (χ2v) is 7.57. The molecular weight excluding hydrogens is 407 g/mol. The van der Waals surface area contributed by atoms with Crippen molar-refractivity contribution in [2.24, 2.45) is 0 Å². The molecule has 0 aromatic heterocycles. The average molecular weight is 435 g/mol. The monoisotopic (exact) mass is 434 g/mol. The van der Waals surface area contributed by atoms with Crippen LogP contribution >= 0.6 is 0 Å². The number of likely N-dealkylation sites (N-methyl/N-ethyl adjacent to an activating group) is 1. The molecule has 0 aliphatic carbocycles. The summed E-state index contributed by atoms with van der Waals surface area (Å²) in [5.74, 6) is -0.586. The Bertz CT molecular complexity index is 1020. The van der Waals surface area contributed by atoms with Gasteiger partial charge in [-0.3, -0.25) is 9.59 Å². The zero-order valence-electron chi connectivity index (χ0n) is 18.3. The molecule has 5 nitrogen and oxygen atoms in total. The highest BCUT2D eigenvalue weighted by molar-refractivity contribution is 5.88. The van der Waals surface area contributed by atoms with Gasteiger partial charge in [0.15, 0.2) is 6.61 Å². The van der Waals surface area contributed by atoms with Crippen molar-refractivity contribution in [3.05, 3.63) is 101 Å². The molecule has 0 saturated heterocycles. The van der Waals surface area contributed by atoms with Crippen LogP contribution in [0.2, 0.25) is 0 Å². The molecule has 2 amide bonds. The maximum Gasteiger partial charge on any atom is 0.261 e. The summed E-state index contributed by atoms with van der Waals surface area (Å²) < 4.78 is 18.7. The molecule has 0 aliphatic rings. The van der Waals surface area contributed by atoms with Gasteiger partial charge in [0.2, 0.25) is 5.91 Å². The Balaban J connectivity index is 1.85. The Labute approximate surface area is 187 Å². The molecule has 0 spiro atoms. The van der Waals surface area contributed by atoms with Crippen LogP contribution in [-0.4, -0.2) is 36.4 Å². The first kappa shape index (κ1) is 23.0. The molecule has 3 aromatic rings. The number of halogens is 1. The molecule has 0 radical (unpaired) electrons. The van der Waals surface area contributed by atoms with Gasteiger partial charge in [-0.25, -0.2) is 4.39 Å². The minimum atomic E-state index is -0.715. The molecule has 32 heavy (non-hydrogen) atoms. The van der Waals surface area contributed by atoms with Gasteiger partial charge in [-0.15, -0.1) is 0 Å². The Kier molecular flexibility index (Phi) is 7.97. The molecule has 0 heterocycles. The Hall–Kier alpha value is -3.67. The zero-order valence-corrected chi connectivity index (χ0v) is 18.3. The summed E-state index contributed by atoms with van der Waals surface area (Å²) in [4.78, 5) is 27.6. The van der Waals surface area contributed by atoms with Gasteiger partial charge < -0.3 is 15.0 Å². The smallest absolute Gasteiger partial charge is 0.261 e. The van der Waals surface area contributed by atoms with E-state index in [1.807, 2.05) is 61.5 Å². The van der Waals surface area contributed by atoms with Gasteiger partial charge in [0.1, 0.15) is 17.6 Å². The molecule has 0 bridgehead atoms. The minimum Gasteiger partial charge on any atom is -0.484 e. The fourth-order valence-electron chi connectivity index (χ4n) is 3.37. The van der Waals surface area contributed by atoms with Crippen molar-refractivity contribution < 1.29 is 18.7 Å². The molecule has 3 rings (SSSR count). The summed E-state index contributed by atoms with van der Waals surface area (Å²) >= 11 is 0. The second kappa shape index (κ2) is 11.1. The zero-order chi connectivity index (χ0) is 22.9. The highest BCUT2D eigenvalue weighted by atomic mass is 19.1. The van der Waals surface area contributed by atoms with Crippen molar-refractivity contribution in [3.63, 3.8) is 0 Å². The van der Waals surface area contributed by atoms with Crippen molar-refractivity contribution in [2.75, 3.05) is 13.7 Å². The van der Waals surface area contributed by atoms with Crippen molar-refractivity contribution in [3.8, 4) is 5.75 Å². The van der Waals surface area contributed by atoms with Gasteiger partial charge in [-0.2, -0.15) is 0 Å². The first-order chi connectivity index (χ1) is 15.5. The number of hydrogen-bond acceptors (Lipinski definition) is 3. The van der Waals surface area contributed by atoms with Crippen LogP contribution in [-0.2, 0) is 22.6 Å². The van der Waals surface area contributed by atoms with Crippen LogP contribution < -0.4 is 10.1 Å². The van der Waals surface area contributed by atoms with E-state index in [2.05, 4.69) is 5.32 Å². The number of carbonyl (C=O) groups excluding carboxylic acids is 2. The first-order valence-corrected chi connectivity index (χ1v) is 10.4. The van der Waals surface area contributed by atoms with Gasteiger partial charge in [-0.1, -0.05) is 60.2 Å². The van der Waals surface area contributed by atoms with Gasteiger partial charge in [0, 0.05) is 20.0 Å². The number of nitrogens with one attached hydrogen (secondary N) is 1. The maximum atomic E-state index is 13.3. The van der Waals surface area contributed by atoms with Crippen molar-refractivity contribution in [1.82, 2.24) is 10.2 Å². The summed E-state index contributed by atoms with van der Waals surface area (Å²) in [5, 5.41) is 2.68. The maximum absolute atomic E-state index is 13.3. The van der Waals surface area contributed by atoms with E-state index < -0.39 is 6.04 Å². The summed E-state index contributed by atoms with van der Waals surface area (Å²) in [6.45, 7) is 1.99. The summed E-state index contributed by atoms with van der Waals surface area (Å²) in [6.07, 6.45) is 0.370. The third-order valence-corrected chi connectivity index (χ3v) is 5.17. The van der Waals surface area contributed by atoms with Crippen LogP contribution in [0.15, 0.2) is 78.9 Å². The molecule has 166 valence electrons. The van der Waals surface area contributed by atoms with Gasteiger partial charge in [0.05, 0.1) is 0 Å². The predicted octanol–water partition coefficient (Wildman–Crippen LogP) is 3.90. The van der Waals surface area contributed by atoms with E-state index in [9.17, 15) is 14.0 Å². The molecular formula is C26H27FN2O3. The Morgan fingerprint density at radius 1 is 0.938 bits per heavy atom. The first-order valence-electron chi connectivity index (χ1n) is 10.4. The number of amides is 2. The fourth-order valence-corrected chi connectivity index (χ4v) is 3.37. The second-order valence-electron chi connectivity index (χ2n) is 7.57. The molecule has 0 saturated carbocycles. The van der Waals surface area contributed by atoms with Crippen LogP contribution in [0.4, 0.5) is 4.39 Å². The molecule has 3 aromatic carbocycles. The fraction of sp³-hybridized carbons (Fsp3) is 0.231. The third-order valence-electron chi connectivity index (χ3n) is 5.17. The van der Waals surface area contributed by atoms with Crippen molar-refractivity contribution >= 4 is 11.8 Å². The number of aryl methyl sites for hydroxylation is 1. The molecule has 1 atom stereocenters. The van der Waals surface area contributed by atoms with Crippen LogP contribution in [0.3, 0.4) is 0 Å². The van der Waals surface area contributed by atoms with Gasteiger partial charge >= 0.3 is 0 Å². The Morgan fingerprint density at radius 2 is 1.59 bits per heavy atom. The number of nitrogens with zero attached hydrogens (tertiary/aromatic N) is 1. The van der Waals surface area contributed by atoms with E-state index >= 15 is 0 Å². The van der Waals surface area contributed by atoms with Crippen LogP contribution in [0.5, 0.6) is 5.75 Å². The Morgan fingerprint density at radius 3 is 2.22 bits per heavy atom. The van der Waals surface area contributed by atoms with E-state index in [1.54, 1.807) is 11.9 Å². The highest BCUT2D eigenvalue weighted by Gasteiger charge is 2.30. The number of carbonyl (C=O) groups is 2. The lowest BCUT2D eigenvalue weighted by molar-refractivity contribution is -0.142. The number of hydrogen-bond donors (Lipinski definition) is 1. The lowest BCUT2D eigenvalue weighted by Crippen LogP contribution is -2.51. The molecule has 1 N–H and O–H groups in total. The third kappa shape index (κ3) is 6.41. The molecule has 0 unspecified atom stereocenters. The molecule has 0 fully saturated rings. The van der Waals surface area contributed by atoms with E-state index in [0.717, 1.165) is 16.7 Å². The van der Waals surface area contributed by atoms with Crippen molar-refractivity contribution in [1.29, 1.82) is 0 Å². The average Bonchev–Trinajstić information content (AvgIpc) is 2.82. The largest absolute Gasteiger partial charge is 0.484 e. The number of rotatable bonds is 9. The van der Waals surface area contributed by atoms with Crippen LogP contribution in [0, 0.1) is 12.7 Å². The normalized spacial score (nSPS) is 11.5. The molecule has 6 heteroatoms. The predicted molar refractivity (Wildman–Crippen MR) is 122 cm³/mol. The summed E-state index contributed by atoms with van der Waals surface area (Å²) in [6, 6.07) is 22.2. The number of ether oxygens (including phenoxy) is 1. The van der Waals surface area contributed by atoms with Crippen LogP contribution in [0.1, 0.15) is 16.7 Å². The SMILES string of the molecule is CNC(=O)[C@H](Cc1ccccc1)N(Cc1ccc(C)cc1)C(=O)COc1ccc(F)cc1. The quantitative estimate of drug-likeness (QED) is 0.556. The summed E-state index contributed by atoms with van der Waals surface area (Å²) in [5.41, 5.74) is 2.97. The lowest BCUT2D eigenvalue weighted by Gasteiger charge is -2.31. The highest BCUT2D eigenvalue weighted by Crippen LogP contribution is 2.17. The molecule has 0 aliphatic heterocycles. The lowest BCUT2D eigenvalue weighted by atomic mass is 10.0. The van der Waals surface area contributed by atoms with Gasteiger partial charge in [0.25, 0.3) is 5.91 Å². The van der Waals surface area contributed by atoms with Crippen LogP contribution in [0.25, 0.3) is 0 Å². The van der Waals surface area contributed by atoms with Gasteiger partial charge in [-0.05, 0) is 42.3 Å². The van der Waals surface area contributed by atoms with E-state index in [-0.39, 0.29) is 30.8 Å². The van der Waals surface area contributed by atoms with E-state index in [1.165, 1.54) is 24.3 Å². The topological polar surface area (TPSA) is 58.6 Å². The standard InChI is InChI=1S/C26H27FN2O3/c1-19-8-10-21(11-9-19)17-29(25(30)18-32-23-14-12-22(27)13-15-23)24(26(31)28-2)16-20-6-4-3-5-7-20/h3-15,24H,16-18H2,1-2H3,(H,28,31)/t24-/m0/s1. The van der Waals surface area contributed by atoms with E-state index in [0.29, 0.717) is 12.2 Å².